The summed E-state index contributed by atoms with van der Waals surface area (Å²) in [5.74, 6) is 0. The second kappa shape index (κ2) is 4.65. The van der Waals surface area contributed by atoms with Gasteiger partial charge in [0.2, 0.25) is 9.84 Å². The number of fused-ring (bicyclic) bond motifs is 1. The molecule has 2 N–H and O–H groups in total. The molecule has 2 heterocycles. The topological polar surface area (TPSA) is 63.4 Å². The third kappa shape index (κ3) is 2.40. The lowest BCUT2D eigenvalue weighted by atomic mass is 10.0. The molecule has 0 bridgehead atoms. The number of benzene rings is 1. The van der Waals surface area contributed by atoms with Gasteiger partial charge in [0.25, 0.3) is 0 Å². The van der Waals surface area contributed by atoms with Gasteiger partial charge < -0.3 is 5.73 Å². The van der Waals surface area contributed by atoms with Gasteiger partial charge in [0.1, 0.15) is 0 Å². The van der Waals surface area contributed by atoms with Crippen LogP contribution in [0.25, 0.3) is 5.57 Å². The Kier molecular flexibility index (Phi) is 3.11. The van der Waals surface area contributed by atoms with Gasteiger partial charge in [0.15, 0.2) is 0 Å². The second-order valence-corrected chi connectivity index (χ2v) is 7.05. The predicted octanol–water partition coefficient (Wildman–Crippen LogP) is 1.88. The molecule has 102 valence electrons. The van der Waals surface area contributed by atoms with Crippen LogP contribution in [0.5, 0.6) is 0 Å². The number of rotatable bonds is 2. The number of anilines is 1. The van der Waals surface area contributed by atoms with Crippen LogP contribution >= 0.6 is 0 Å². The maximum absolute atomic E-state index is 12.1. The molecule has 4 nitrogen and oxygen atoms in total. The van der Waals surface area contributed by atoms with Crippen molar-refractivity contribution in [1.29, 1.82) is 0 Å². The number of nitrogens with two attached hydrogens (primary N) is 1. The van der Waals surface area contributed by atoms with Crippen LogP contribution in [-0.2, 0) is 9.84 Å². The smallest absolute Gasteiger partial charge is 0.200 e. The molecule has 0 radical (unpaired) electrons. The van der Waals surface area contributed by atoms with E-state index in [1.165, 1.54) is 24.7 Å². The van der Waals surface area contributed by atoms with Crippen LogP contribution in [-0.4, -0.2) is 33.0 Å². The molecule has 5 heteroatoms. The molecule has 1 aromatic carbocycles. The fourth-order valence-corrected chi connectivity index (χ4v) is 4.30. The van der Waals surface area contributed by atoms with Gasteiger partial charge in [-0.15, -0.1) is 0 Å². The first-order valence-electron chi connectivity index (χ1n) is 6.64. The monoisotopic (exact) mass is 278 g/mol. The van der Waals surface area contributed by atoms with Crippen molar-refractivity contribution in [2.24, 2.45) is 0 Å². The van der Waals surface area contributed by atoms with Crippen molar-refractivity contribution in [3.63, 3.8) is 0 Å². The first-order chi connectivity index (χ1) is 9.06. The van der Waals surface area contributed by atoms with Crippen LogP contribution in [0.15, 0.2) is 28.5 Å². The molecular weight excluding hydrogens is 260 g/mol. The molecule has 1 saturated heterocycles. The van der Waals surface area contributed by atoms with Gasteiger partial charge in [-0.3, -0.25) is 4.90 Å². The second-order valence-electron chi connectivity index (χ2n) is 5.28. The third-order valence-electron chi connectivity index (χ3n) is 3.80. The van der Waals surface area contributed by atoms with Crippen LogP contribution in [0, 0.1) is 0 Å². The maximum atomic E-state index is 12.1. The van der Waals surface area contributed by atoms with E-state index >= 15 is 0 Å². The van der Waals surface area contributed by atoms with Crippen molar-refractivity contribution in [2.75, 3.05) is 25.4 Å². The van der Waals surface area contributed by atoms with Crippen LogP contribution in [0.4, 0.5) is 5.69 Å². The quantitative estimate of drug-likeness (QED) is 0.839. The SMILES string of the molecule is Nc1ccc2c(c1)C(CN1CCCCC1)=CS2(=O)=O. The minimum absolute atomic E-state index is 0.397. The van der Waals surface area contributed by atoms with E-state index in [2.05, 4.69) is 4.90 Å². The highest BCUT2D eigenvalue weighted by atomic mass is 32.2. The lowest BCUT2D eigenvalue weighted by molar-refractivity contribution is 0.255. The molecule has 1 aromatic rings. The summed E-state index contributed by atoms with van der Waals surface area (Å²) in [5.41, 5.74) is 8.05. The van der Waals surface area contributed by atoms with Crippen molar-refractivity contribution < 1.29 is 8.42 Å². The molecule has 0 aromatic heterocycles. The van der Waals surface area contributed by atoms with Crippen molar-refractivity contribution >= 4 is 21.1 Å². The summed E-state index contributed by atoms with van der Waals surface area (Å²) in [5, 5.41) is 1.41. The predicted molar refractivity (Wildman–Crippen MR) is 76.3 cm³/mol. The first-order valence-corrected chi connectivity index (χ1v) is 8.19. The molecule has 0 aliphatic carbocycles. The van der Waals surface area contributed by atoms with Gasteiger partial charge >= 0.3 is 0 Å². The van der Waals surface area contributed by atoms with Gasteiger partial charge in [-0.25, -0.2) is 8.42 Å². The fraction of sp³-hybridized carbons (Fsp3) is 0.429. The van der Waals surface area contributed by atoms with Crippen molar-refractivity contribution in [3.05, 3.63) is 29.2 Å². The summed E-state index contributed by atoms with van der Waals surface area (Å²) in [4.78, 5) is 2.72. The molecule has 0 amide bonds. The Balaban J connectivity index is 1.93. The first kappa shape index (κ1) is 12.7. The molecule has 1 fully saturated rings. The summed E-state index contributed by atoms with van der Waals surface area (Å²) < 4.78 is 24.2. The number of nitrogen functional groups attached to an aromatic ring is 1. The Bertz CT molecular complexity index is 629. The van der Waals surface area contributed by atoms with Gasteiger partial charge in [0.05, 0.1) is 4.90 Å². The molecule has 0 saturated carbocycles. The Labute approximate surface area is 113 Å². The highest BCUT2D eigenvalue weighted by Gasteiger charge is 2.28. The summed E-state index contributed by atoms with van der Waals surface area (Å²) >= 11 is 0. The number of piperidine rings is 1. The molecule has 0 unspecified atom stereocenters. The largest absolute Gasteiger partial charge is 0.399 e. The maximum Gasteiger partial charge on any atom is 0.200 e. The Morgan fingerprint density at radius 3 is 2.63 bits per heavy atom. The summed E-state index contributed by atoms with van der Waals surface area (Å²) in [6.45, 7) is 2.81. The van der Waals surface area contributed by atoms with Crippen LogP contribution in [0.3, 0.4) is 0 Å². The Morgan fingerprint density at radius 1 is 1.16 bits per heavy atom. The van der Waals surface area contributed by atoms with Gasteiger partial charge in [-0.05, 0) is 49.7 Å². The van der Waals surface area contributed by atoms with Crippen molar-refractivity contribution in [2.45, 2.75) is 24.2 Å². The summed E-state index contributed by atoms with van der Waals surface area (Å²) in [7, 11) is -3.27. The third-order valence-corrected chi connectivity index (χ3v) is 5.36. The average molecular weight is 278 g/mol. The zero-order chi connectivity index (χ0) is 13.5. The van der Waals surface area contributed by atoms with E-state index < -0.39 is 9.84 Å². The van der Waals surface area contributed by atoms with Gasteiger partial charge in [0, 0.05) is 23.2 Å². The van der Waals surface area contributed by atoms with Gasteiger partial charge in [-0.1, -0.05) is 6.42 Å². The molecule has 19 heavy (non-hydrogen) atoms. The van der Waals surface area contributed by atoms with E-state index in [1.54, 1.807) is 18.2 Å². The Morgan fingerprint density at radius 2 is 1.89 bits per heavy atom. The number of sulfone groups is 1. The lowest BCUT2D eigenvalue weighted by Crippen LogP contribution is -2.30. The van der Waals surface area contributed by atoms with E-state index in [0.29, 0.717) is 17.1 Å². The summed E-state index contributed by atoms with van der Waals surface area (Å²) in [6.07, 6.45) is 3.67. The highest BCUT2D eigenvalue weighted by molar-refractivity contribution is 7.95. The molecule has 2 aliphatic rings. The molecular formula is C14H18N2O2S. The molecule has 0 atom stereocenters. The van der Waals surface area contributed by atoms with E-state index in [9.17, 15) is 8.42 Å². The molecule has 2 aliphatic heterocycles. The average Bonchev–Trinajstić information content (AvgIpc) is 2.62. The van der Waals surface area contributed by atoms with E-state index in [0.717, 1.165) is 24.2 Å². The molecule has 3 rings (SSSR count). The van der Waals surface area contributed by atoms with Gasteiger partial charge in [-0.2, -0.15) is 0 Å². The normalized spacial score (nSPS) is 22.0. The van der Waals surface area contributed by atoms with E-state index in [-0.39, 0.29) is 0 Å². The van der Waals surface area contributed by atoms with Crippen LogP contribution < -0.4 is 5.73 Å². The van der Waals surface area contributed by atoms with E-state index in [4.69, 9.17) is 5.73 Å². The van der Waals surface area contributed by atoms with Crippen molar-refractivity contribution in [1.82, 2.24) is 4.90 Å². The number of hydrogen-bond acceptors (Lipinski definition) is 4. The minimum atomic E-state index is -3.27. The van der Waals surface area contributed by atoms with Crippen LogP contribution in [0.1, 0.15) is 24.8 Å². The minimum Gasteiger partial charge on any atom is -0.399 e. The zero-order valence-corrected chi connectivity index (χ0v) is 11.6. The zero-order valence-electron chi connectivity index (χ0n) is 10.8. The van der Waals surface area contributed by atoms with Crippen LogP contribution in [0.2, 0.25) is 0 Å². The number of nitrogens with zero attached hydrogens (tertiary/aromatic N) is 1. The summed E-state index contributed by atoms with van der Waals surface area (Å²) in [6, 6.07) is 5.03. The number of hydrogen-bond donors (Lipinski definition) is 1. The van der Waals surface area contributed by atoms with E-state index in [1.807, 2.05) is 0 Å². The lowest BCUT2D eigenvalue weighted by Gasteiger charge is -2.26. The number of likely N-dealkylation sites (tertiary alicyclic amines) is 1. The fourth-order valence-electron chi connectivity index (χ4n) is 2.84. The van der Waals surface area contributed by atoms with Crippen molar-refractivity contribution in [3.8, 4) is 0 Å². The molecule has 0 spiro atoms. The highest BCUT2D eigenvalue weighted by Crippen LogP contribution is 2.35. The Hall–Kier alpha value is -1.33. The standard InChI is InChI=1S/C14H18N2O2S/c15-12-4-5-14-13(8-12)11(10-19(14,17)18)9-16-6-2-1-3-7-16/h4-5,8,10H,1-3,6-7,9,15H2.